The number of ether oxygens (including phenoxy) is 1. The smallest absolute Gasteiger partial charge is 0.124 e. The summed E-state index contributed by atoms with van der Waals surface area (Å²) in [5.41, 5.74) is 4.28. The van der Waals surface area contributed by atoms with Crippen molar-refractivity contribution >= 4 is 21.6 Å². The Morgan fingerprint density at radius 2 is 1.68 bits per heavy atom. The molecule has 0 atom stereocenters. The Bertz CT molecular complexity index is 832. The minimum absolute atomic E-state index is 0.240. The van der Waals surface area contributed by atoms with Crippen LogP contribution in [0.5, 0.6) is 5.75 Å². The highest BCUT2D eigenvalue weighted by atomic mass is 79.9. The van der Waals surface area contributed by atoms with Crippen molar-refractivity contribution in [3.63, 3.8) is 0 Å². The summed E-state index contributed by atoms with van der Waals surface area (Å²) in [7, 11) is 0. The van der Waals surface area contributed by atoms with Crippen molar-refractivity contribution in [1.29, 1.82) is 0 Å². The first-order chi connectivity index (χ1) is 12.1. The molecule has 0 bridgehead atoms. The molecule has 2 nitrogen and oxygen atoms in total. The highest BCUT2D eigenvalue weighted by molar-refractivity contribution is 9.10. The van der Waals surface area contributed by atoms with Gasteiger partial charge in [0.2, 0.25) is 0 Å². The average molecular weight is 400 g/mol. The molecule has 3 aromatic carbocycles. The van der Waals surface area contributed by atoms with E-state index < -0.39 is 0 Å². The number of benzene rings is 3. The van der Waals surface area contributed by atoms with Crippen LogP contribution in [0.4, 0.5) is 10.1 Å². The molecule has 3 rings (SSSR count). The SMILES string of the molecule is Cc1ccc(NCc2cc(Br)ccc2OCc2ccc(F)cc2)cc1. The van der Waals surface area contributed by atoms with Crippen LogP contribution >= 0.6 is 15.9 Å². The normalized spacial score (nSPS) is 10.5. The van der Waals surface area contributed by atoms with E-state index in [4.69, 9.17) is 4.74 Å². The molecular weight excluding hydrogens is 381 g/mol. The molecule has 4 heteroatoms. The van der Waals surface area contributed by atoms with Crippen molar-refractivity contribution in [2.45, 2.75) is 20.1 Å². The van der Waals surface area contributed by atoms with Crippen molar-refractivity contribution < 1.29 is 9.13 Å². The Labute approximate surface area is 155 Å². The molecule has 0 saturated carbocycles. The maximum Gasteiger partial charge on any atom is 0.124 e. The van der Waals surface area contributed by atoms with Crippen LogP contribution in [0.15, 0.2) is 71.2 Å². The lowest BCUT2D eigenvalue weighted by atomic mass is 10.1. The van der Waals surface area contributed by atoms with Crippen molar-refractivity contribution in [2.75, 3.05) is 5.32 Å². The molecule has 0 aliphatic heterocycles. The van der Waals surface area contributed by atoms with Crippen LogP contribution in [-0.2, 0) is 13.2 Å². The molecule has 0 radical (unpaired) electrons. The van der Waals surface area contributed by atoms with Crippen molar-refractivity contribution in [2.24, 2.45) is 0 Å². The molecule has 1 N–H and O–H groups in total. The number of aryl methyl sites for hydroxylation is 1. The van der Waals surface area contributed by atoms with Crippen LogP contribution in [0.1, 0.15) is 16.7 Å². The fraction of sp³-hybridized carbons (Fsp3) is 0.143. The van der Waals surface area contributed by atoms with E-state index in [-0.39, 0.29) is 5.82 Å². The van der Waals surface area contributed by atoms with Gasteiger partial charge in [-0.15, -0.1) is 0 Å². The molecule has 0 unspecified atom stereocenters. The summed E-state index contributed by atoms with van der Waals surface area (Å²) in [6, 6.07) is 20.6. The van der Waals surface area contributed by atoms with Gasteiger partial charge in [0.25, 0.3) is 0 Å². The van der Waals surface area contributed by atoms with Crippen molar-refractivity contribution in [3.05, 3.63) is 93.7 Å². The van der Waals surface area contributed by atoms with E-state index in [1.807, 2.05) is 18.2 Å². The Balaban J connectivity index is 1.69. The number of nitrogens with one attached hydrogen (secondary N) is 1. The summed E-state index contributed by atoms with van der Waals surface area (Å²) in [6.45, 7) is 3.13. The van der Waals surface area contributed by atoms with Crippen molar-refractivity contribution in [3.8, 4) is 5.75 Å². The highest BCUT2D eigenvalue weighted by Gasteiger charge is 2.06. The molecule has 0 saturated heterocycles. The zero-order valence-electron chi connectivity index (χ0n) is 13.9. The van der Waals surface area contributed by atoms with Gasteiger partial charge in [-0.1, -0.05) is 45.8 Å². The van der Waals surface area contributed by atoms with Crippen LogP contribution < -0.4 is 10.1 Å². The molecule has 0 heterocycles. The van der Waals surface area contributed by atoms with Gasteiger partial charge in [0, 0.05) is 22.3 Å². The van der Waals surface area contributed by atoms with E-state index in [0.29, 0.717) is 13.2 Å². The number of anilines is 1. The third kappa shape index (κ3) is 5.07. The quantitative estimate of drug-likeness (QED) is 0.541. The van der Waals surface area contributed by atoms with Crippen LogP contribution in [0.2, 0.25) is 0 Å². The minimum Gasteiger partial charge on any atom is -0.489 e. The van der Waals surface area contributed by atoms with E-state index in [1.54, 1.807) is 12.1 Å². The lowest BCUT2D eigenvalue weighted by molar-refractivity contribution is 0.303. The first-order valence-corrected chi connectivity index (χ1v) is 8.86. The number of hydrogen-bond acceptors (Lipinski definition) is 2. The summed E-state index contributed by atoms with van der Waals surface area (Å²) < 4.78 is 19.9. The van der Waals surface area contributed by atoms with E-state index in [9.17, 15) is 4.39 Å². The molecule has 128 valence electrons. The second-order valence-electron chi connectivity index (χ2n) is 5.89. The molecule has 0 aliphatic carbocycles. The lowest BCUT2D eigenvalue weighted by Gasteiger charge is -2.14. The van der Waals surface area contributed by atoms with Gasteiger partial charge in [0.1, 0.15) is 18.2 Å². The molecule has 25 heavy (non-hydrogen) atoms. The van der Waals surface area contributed by atoms with Crippen LogP contribution in [0.25, 0.3) is 0 Å². The monoisotopic (exact) mass is 399 g/mol. The lowest BCUT2D eigenvalue weighted by Crippen LogP contribution is -2.04. The Morgan fingerprint density at radius 1 is 0.960 bits per heavy atom. The van der Waals surface area contributed by atoms with Crippen molar-refractivity contribution in [1.82, 2.24) is 0 Å². The fourth-order valence-corrected chi connectivity index (χ4v) is 2.85. The van der Waals surface area contributed by atoms with Gasteiger partial charge in [-0.25, -0.2) is 4.39 Å². The Hall–Kier alpha value is -2.33. The zero-order valence-corrected chi connectivity index (χ0v) is 15.5. The topological polar surface area (TPSA) is 21.3 Å². The molecule has 3 aromatic rings. The third-order valence-electron chi connectivity index (χ3n) is 3.86. The van der Waals surface area contributed by atoms with Gasteiger partial charge in [-0.2, -0.15) is 0 Å². The van der Waals surface area contributed by atoms with Crippen LogP contribution in [-0.4, -0.2) is 0 Å². The Kier molecular flexibility index (Phi) is 5.71. The minimum atomic E-state index is -0.240. The van der Waals surface area contributed by atoms with Gasteiger partial charge in [0.15, 0.2) is 0 Å². The van der Waals surface area contributed by atoms with E-state index in [0.717, 1.165) is 27.0 Å². The Morgan fingerprint density at radius 3 is 2.40 bits per heavy atom. The number of hydrogen-bond donors (Lipinski definition) is 1. The average Bonchev–Trinajstić information content (AvgIpc) is 2.62. The summed E-state index contributed by atoms with van der Waals surface area (Å²) in [5, 5.41) is 3.41. The number of rotatable bonds is 6. The molecule has 0 fully saturated rings. The van der Waals surface area contributed by atoms with E-state index >= 15 is 0 Å². The second-order valence-corrected chi connectivity index (χ2v) is 6.80. The van der Waals surface area contributed by atoms with Crippen LogP contribution in [0, 0.1) is 12.7 Å². The highest BCUT2D eigenvalue weighted by Crippen LogP contribution is 2.25. The summed E-state index contributed by atoms with van der Waals surface area (Å²) >= 11 is 3.51. The largest absolute Gasteiger partial charge is 0.489 e. The first-order valence-electron chi connectivity index (χ1n) is 8.06. The van der Waals surface area contributed by atoms with E-state index in [2.05, 4.69) is 52.4 Å². The summed E-state index contributed by atoms with van der Waals surface area (Å²) in [6.07, 6.45) is 0. The predicted octanol–water partition coefficient (Wildman–Crippen LogP) is 6.09. The van der Waals surface area contributed by atoms with Gasteiger partial charge in [0.05, 0.1) is 0 Å². The number of halogens is 2. The molecular formula is C21H19BrFNO. The second kappa shape index (κ2) is 8.17. The first kappa shape index (κ1) is 17.5. The van der Waals surface area contributed by atoms with Gasteiger partial charge >= 0.3 is 0 Å². The predicted molar refractivity (Wildman–Crippen MR) is 103 cm³/mol. The summed E-state index contributed by atoms with van der Waals surface area (Å²) in [5.74, 6) is 0.572. The summed E-state index contributed by atoms with van der Waals surface area (Å²) in [4.78, 5) is 0. The molecule has 0 spiro atoms. The molecule has 0 aromatic heterocycles. The zero-order chi connectivity index (χ0) is 17.6. The fourth-order valence-electron chi connectivity index (χ4n) is 2.44. The standard InChI is InChI=1S/C21H19BrFNO/c1-15-2-9-20(10-3-15)24-13-17-12-18(22)6-11-21(17)25-14-16-4-7-19(23)8-5-16/h2-12,24H,13-14H2,1H3. The van der Waals surface area contributed by atoms with Crippen LogP contribution in [0.3, 0.4) is 0 Å². The third-order valence-corrected chi connectivity index (χ3v) is 4.36. The van der Waals surface area contributed by atoms with Gasteiger partial charge in [-0.05, 0) is 55.0 Å². The van der Waals surface area contributed by atoms with Gasteiger partial charge in [-0.3, -0.25) is 0 Å². The van der Waals surface area contributed by atoms with Gasteiger partial charge < -0.3 is 10.1 Å². The molecule has 0 amide bonds. The molecule has 0 aliphatic rings. The maximum atomic E-state index is 13.0. The maximum absolute atomic E-state index is 13.0. The van der Waals surface area contributed by atoms with E-state index in [1.165, 1.54) is 17.7 Å².